The fraction of sp³-hybridized carbons (Fsp3) is 0.364. The molecule has 2 aromatic rings. The van der Waals surface area contributed by atoms with Crippen molar-refractivity contribution in [2.24, 2.45) is 0 Å². The molecule has 2 N–H and O–H groups in total. The number of hydrogen-bond donors (Lipinski definition) is 2. The summed E-state index contributed by atoms with van der Waals surface area (Å²) in [5, 5.41) is 11.5. The van der Waals surface area contributed by atoms with Crippen molar-refractivity contribution >= 4 is 29.0 Å². The molecule has 0 aromatic carbocycles. The third kappa shape index (κ3) is 3.87. The zero-order valence-electron chi connectivity index (χ0n) is 11.0. The van der Waals surface area contributed by atoms with Crippen LogP contribution in [-0.2, 0) is 0 Å². The summed E-state index contributed by atoms with van der Waals surface area (Å²) in [6, 6.07) is 0. The molecule has 0 aliphatic carbocycles. The SMILES string of the molecule is Cc1ncc(C(=O)NCCSc2nnc(C)s2)c(=O)[nH]1. The fourth-order valence-electron chi connectivity index (χ4n) is 1.38. The quantitative estimate of drug-likeness (QED) is 0.624. The summed E-state index contributed by atoms with van der Waals surface area (Å²) < 4.78 is 0.867. The van der Waals surface area contributed by atoms with Gasteiger partial charge in [0, 0.05) is 18.5 Å². The molecule has 0 saturated carbocycles. The number of rotatable bonds is 5. The van der Waals surface area contributed by atoms with Gasteiger partial charge in [-0.25, -0.2) is 4.98 Å². The summed E-state index contributed by atoms with van der Waals surface area (Å²) in [6.07, 6.45) is 1.28. The maximum atomic E-state index is 11.8. The van der Waals surface area contributed by atoms with Gasteiger partial charge in [-0.3, -0.25) is 9.59 Å². The number of carbonyl (C=O) groups is 1. The molecule has 0 saturated heterocycles. The molecule has 9 heteroatoms. The number of aryl methyl sites for hydroxylation is 2. The molecule has 2 rings (SSSR count). The Labute approximate surface area is 123 Å². The van der Waals surface area contributed by atoms with E-state index < -0.39 is 11.5 Å². The predicted octanol–water partition coefficient (Wildman–Crippen LogP) is 0.760. The van der Waals surface area contributed by atoms with Crippen molar-refractivity contribution in [1.82, 2.24) is 25.5 Å². The van der Waals surface area contributed by atoms with Crippen molar-refractivity contribution in [3.05, 3.63) is 32.9 Å². The van der Waals surface area contributed by atoms with Gasteiger partial charge in [0.25, 0.3) is 11.5 Å². The number of hydrogen-bond acceptors (Lipinski definition) is 7. The molecule has 0 bridgehead atoms. The fourth-order valence-corrected chi connectivity index (χ4v) is 3.12. The van der Waals surface area contributed by atoms with Gasteiger partial charge in [-0.1, -0.05) is 23.1 Å². The van der Waals surface area contributed by atoms with Crippen molar-refractivity contribution in [2.45, 2.75) is 18.2 Å². The van der Waals surface area contributed by atoms with Gasteiger partial charge in [0.2, 0.25) is 0 Å². The van der Waals surface area contributed by atoms with E-state index in [1.54, 1.807) is 6.92 Å². The monoisotopic (exact) mass is 311 g/mol. The van der Waals surface area contributed by atoms with E-state index in [-0.39, 0.29) is 5.56 Å². The van der Waals surface area contributed by atoms with Crippen LogP contribution >= 0.6 is 23.1 Å². The molecular weight excluding hydrogens is 298 g/mol. The Morgan fingerprint density at radius 3 is 2.90 bits per heavy atom. The van der Waals surface area contributed by atoms with Crippen molar-refractivity contribution in [1.29, 1.82) is 0 Å². The molecule has 0 spiro atoms. The molecule has 0 aliphatic rings. The number of aromatic amines is 1. The molecule has 1 amide bonds. The third-order valence-electron chi connectivity index (χ3n) is 2.29. The summed E-state index contributed by atoms with van der Waals surface area (Å²) in [7, 11) is 0. The van der Waals surface area contributed by atoms with Gasteiger partial charge < -0.3 is 10.3 Å². The molecule has 0 atom stereocenters. The molecule has 2 heterocycles. The average Bonchev–Trinajstić information content (AvgIpc) is 2.80. The number of aromatic nitrogens is 4. The maximum Gasteiger partial charge on any atom is 0.263 e. The summed E-state index contributed by atoms with van der Waals surface area (Å²) in [5.41, 5.74) is -0.408. The first-order valence-corrected chi connectivity index (χ1v) is 7.63. The minimum atomic E-state index is -0.428. The topological polar surface area (TPSA) is 101 Å². The zero-order valence-corrected chi connectivity index (χ0v) is 12.6. The lowest BCUT2D eigenvalue weighted by Crippen LogP contribution is -2.31. The van der Waals surface area contributed by atoms with Gasteiger partial charge in [-0.15, -0.1) is 10.2 Å². The van der Waals surface area contributed by atoms with E-state index in [9.17, 15) is 9.59 Å². The lowest BCUT2D eigenvalue weighted by Gasteiger charge is -2.03. The molecule has 0 fully saturated rings. The first kappa shape index (κ1) is 14.7. The number of H-pyrrole nitrogens is 1. The van der Waals surface area contributed by atoms with Crippen molar-refractivity contribution in [2.75, 3.05) is 12.3 Å². The van der Waals surface area contributed by atoms with Crippen LogP contribution in [0, 0.1) is 13.8 Å². The van der Waals surface area contributed by atoms with Crippen molar-refractivity contribution in [3.8, 4) is 0 Å². The molecule has 20 heavy (non-hydrogen) atoms. The highest BCUT2D eigenvalue weighted by Gasteiger charge is 2.10. The van der Waals surface area contributed by atoms with Crippen molar-refractivity contribution < 1.29 is 4.79 Å². The van der Waals surface area contributed by atoms with Gasteiger partial charge in [0.15, 0.2) is 4.34 Å². The minimum Gasteiger partial charge on any atom is -0.351 e. The number of nitrogens with one attached hydrogen (secondary N) is 2. The minimum absolute atomic E-state index is 0.0207. The maximum absolute atomic E-state index is 11.8. The van der Waals surface area contributed by atoms with Gasteiger partial charge in [-0.05, 0) is 13.8 Å². The largest absolute Gasteiger partial charge is 0.351 e. The lowest BCUT2D eigenvalue weighted by molar-refractivity contribution is 0.0954. The van der Waals surface area contributed by atoms with Gasteiger partial charge in [-0.2, -0.15) is 0 Å². The van der Waals surface area contributed by atoms with E-state index in [2.05, 4.69) is 25.5 Å². The van der Waals surface area contributed by atoms with Crippen LogP contribution in [0.1, 0.15) is 21.2 Å². The number of nitrogens with zero attached hydrogens (tertiary/aromatic N) is 3. The molecule has 0 radical (unpaired) electrons. The molecule has 106 valence electrons. The van der Waals surface area contributed by atoms with E-state index >= 15 is 0 Å². The van der Waals surface area contributed by atoms with Crippen LogP contribution in [0.2, 0.25) is 0 Å². The molecule has 2 aromatic heterocycles. The standard InChI is InChI=1S/C11H13N5O2S2/c1-6-13-5-8(10(18)14-6)9(17)12-3-4-19-11-16-15-7(2)20-11/h5H,3-4H2,1-2H3,(H,12,17)(H,13,14,18). The van der Waals surface area contributed by atoms with E-state index in [4.69, 9.17) is 0 Å². The summed E-state index contributed by atoms with van der Waals surface area (Å²) >= 11 is 3.02. The van der Waals surface area contributed by atoms with Crippen LogP contribution in [0.25, 0.3) is 0 Å². The van der Waals surface area contributed by atoms with Crippen LogP contribution in [0.4, 0.5) is 0 Å². The Bertz CT molecular complexity index is 667. The Kier molecular flexibility index (Phi) is 4.85. The molecule has 7 nitrogen and oxygen atoms in total. The Hall–Kier alpha value is -1.74. The predicted molar refractivity (Wildman–Crippen MR) is 77.3 cm³/mol. The molecular formula is C11H13N5O2S2. The van der Waals surface area contributed by atoms with Gasteiger partial charge in [0.05, 0.1) is 0 Å². The van der Waals surface area contributed by atoms with E-state index in [1.807, 2.05) is 6.92 Å². The highest BCUT2D eigenvalue weighted by molar-refractivity contribution is 8.01. The summed E-state index contributed by atoms with van der Waals surface area (Å²) in [6.45, 7) is 3.99. The second-order valence-electron chi connectivity index (χ2n) is 3.90. The van der Waals surface area contributed by atoms with E-state index in [0.29, 0.717) is 18.1 Å². The highest BCUT2D eigenvalue weighted by atomic mass is 32.2. The van der Waals surface area contributed by atoms with Crippen molar-refractivity contribution in [3.63, 3.8) is 0 Å². The van der Waals surface area contributed by atoms with Crippen LogP contribution in [-0.4, -0.2) is 38.4 Å². The highest BCUT2D eigenvalue weighted by Crippen LogP contribution is 2.20. The summed E-state index contributed by atoms with van der Waals surface area (Å²) in [5.74, 6) is 0.721. The second-order valence-corrected chi connectivity index (χ2v) is 6.43. The first-order chi connectivity index (χ1) is 9.56. The Morgan fingerprint density at radius 1 is 1.45 bits per heavy atom. The summed E-state index contributed by atoms with van der Waals surface area (Å²) in [4.78, 5) is 29.7. The number of amides is 1. The van der Waals surface area contributed by atoms with Gasteiger partial charge >= 0.3 is 0 Å². The number of thioether (sulfide) groups is 1. The van der Waals surface area contributed by atoms with Crippen LogP contribution in [0.5, 0.6) is 0 Å². The Morgan fingerprint density at radius 2 is 2.25 bits per heavy atom. The third-order valence-corrected chi connectivity index (χ3v) is 4.27. The van der Waals surface area contributed by atoms with Crippen LogP contribution in [0.3, 0.4) is 0 Å². The second kappa shape index (κ2) is 6.62. The Balaban J connectivity index is 1.82. The average molecular weight is 311 g/mol. The molecule has 0 unspecified atom stereocenters. The van der Waals surface area contributed by atoms with Crippen LogP contribution < -0.4 is 10.9 Å². The normalized spacial score (nSPS) is 10.5. The number of carbonyl (C=O) groups excluding carboxylic acids is 1. The first-order valence-electron chi connectivity index (χ1n) is 5.83. The van der Waals surface area contributed by atoms with E-state index in [1.165, 1.54) is 29.3 Å². The van der Waals surface area contributed by atoms with Crippen LogP contribution in [0.15, 0.2) is 15.3 Å². The lowest BCUT2D eigenvalue weighted by atomic mass is 10.3. The zero-order chi connectivity index (χ0) is 14.5. The van der Waals surface area contributed by atoms with Gasteiger partial charge in [0.1, 0.15) is 16.4 Å². The smallest absolute Gasteiger partial charge is 0.263 e. The molecule has 0 aliphatic heterocycles. The van der Waals surface area contributed by atoms with E-state index in [0.717, 1.165) is 9.35 Å².